The molecule has 0 radical (unpaired) electrons. The molecule has 3 aromatic rings. The minimum absolute atomic E-state index is 0.0883. The van der Waals surface area contributed by atoms with E-state index in [0.717, 1.165) is 31.9 Å². The summed E-state index contributed by atoms with van der Waals surface area (Å²) in [5.74, 6) is -0.0883. The van der Waals surface area contributed by atoms with Gasteiger partial charge in [0.1, 0.15) is 0 Å². The number of nitrogens with zero attached hydrogens (tertiary/aromatic N) is 3. The summed E-state index contributed by atoms with van der Waals surface area (Å²) in [5, 5.41) is 2.95. The molecule has 28 heavy (non-hydrogen) atoms. The van der Waals surface area contributed by atoms with Crippen LogP contribution in [-0.4, -0.2) is 37.1 Å². The van der Waals surface area contributed by atoms with Crippen LogP contribution in [0.4, 0.5) is 17.1 Å². The van der Waals surface area contributed by atoms with Crippen LogP contribution >= 0.6 is 0 Å². The van der Waals surface area contributed by atoms with Crippen LogP contribution in [0.2, 0.25) is 0 Å². The van der Waals surface area contributed by atoms with E-state index in [1.165, 1.54) is 16.9 Å². The lowest BCUT2D eigenvalue weighted by Crippen LogP contribution is -2.46. The molecule has 1 fully saturated rings. The van der Waals surface area contributed by atoms with Gasteiger partial charge in [0.05, 0.1) is 0 Å². The Hall–Kier alpha value is -3.34. The highest BCUT2D eigenvalue weighted by atomic mass is 16.1. The topological polar surface area (TPSA) is 48.5 Å². The van der Waals surface area contributed by atoms with Crippen molar-refractivity contribution in [2.45, 2.75) is 6.92 Å². The van der Waals surface area contributed by atoms with Gasteiger partial charge in [0.15, 0.2) is 0 Å². The molecule has 1 aliphatic rings. The predicted octanol–water partition coefficient (Wildman–Crippen LogP) is 3.97. The van der Waals surface area contributed by atoms with Crippen molar-refractivity contribution in [3.05, 3.63) is 84.2 Å². The Bertz CT molecular complexity index is 932. The van der Waals surface area contributed by atoms with E-state index in [1.54, 1.807) is 0 Å². The number of hydrogen-bond acceptors (Lipinski definition) is 4. The van der Waals surface area contributed by atoms with Crippen LogP contribution in [0.25, 0.3) is 0 Å². The number of amides is 1. The lowest BCUT2D eigenvalue weighted by molar-refractivity contribution is 0.102. The van der Waals surface area contributed by atoms with E-state index in [9.17, 15) is 4.79 Å². The Balaban J connectivity index is 1.36. The summed E-state index contributed by atoms with van der Waals surface area (Å²) in [4.78, 5) is 21.3. The second-order valence-electron chi connectivity index (χ2n) is 7.00. The highest BCUT2D eigenvalue weighted by Crippen LogP contribution is 2.24. The maximum atomic E-state index is 12.3. The van der Waals surface area contributed by atoms with E-state index in [2.05, 4.69) is 45.2 Å². The first-order valence-electron chi connectivity index (χ1n) is 9.58. The number of carbonyl (C=O) groups is 1. The zero-order valence-corrected chi connectivity index (χ0v) is 16.0. The maximum absolute atomic E-state index is 12.3. The first-order valence-corrected chi connectivity index (χ1v) is 9.58. The van der Waals surface area contributed by atoms with Gasteiger partial charge in [-0.15, -0.1) is 0 Å². The van der Waals surface area contributed by atoms with E-state index in [1.807, 2.05) is 54.9 Å². The number of piperazine rings is 1. The van der Waals surface area contributed by atoms with Crippen molar-refractivity contribution in [1.82, 2.24) is 4.98 Å². The summed E-state index contributed by atoms with van der Waals surface area (Å²) < 4.78 is 0. The lowest BCUT2D eigenvalue weighted by Gasteiger charge is -2.38. The van der Waals surface area contributed by atoms with Gasteiger partial charge in [0, 0.05) is 61.2 Å². The van der Waals surface area contributed by atoms with Gasteiger partial charge in [-0.3, -0.25) is 9.78 Å². The highest BCUT2D eigenvalue weighted by Gasteiger charge is 2.18. The standard InChI is InChI=1S/C23H24N4O/c1-18-17-24-12-11-22(18)27-15-13-26(14-16-27)21-9-7-20(8-10-21)25-23(28)19-5-3-2-4-6-19/h2-12,17H,13-16H2,1H3,(H,25,28). The van der Waals surface area contributed by atoms with E-state index in [-0.39, 0.29) is 5.91 Å². The predicted molar refractivity (Wildman–Crippen MR) is 114 cm³/mol. The van der Waals surface area contributed by atoms with Gasteiger partial charge >= 0.3 is 0 Å². The zero-order valence-electron chi connectivity index (χ0n) is 16.0. The van der Waals surface area contributed by atoms with Crippen molar-refractivity contribution in [1.29, 1.82) is 0 Å². The molecule has 1 N–H and O–H groups in total. The molecule has 1 aliphatic heterocycles. The van der Waals surface area contributed by atoms with E-state index < -0.39 is 0 Å². The molecule has 4 rings (SSSR count). The largest absolute Gasteiger partial charge is 0.368 e. The molecule has 1 saturated heterocycles. The summed E-state index contributed by atoms with van der Waals surface area (Å²) in [6.07, 6.45) is 3.78. The Labute approximate surface area is 165 Å². The van der Waals surface area contributed by atoms with Gasteiger partial charge < -0.3 is 15.1 Å². The minimum atomic E-state index is -0.0883. The van der Waals surface area contributed by atoms with Gasteiger partial charge in [-0.25, -0.2) is 0 Å². The lowest BCUT2D eigenvalue weighted by atomic mass is 10.2. The first kappa shape index (κ1) is 18.0. The number of pyridine rings is 1. The fraction of sp³-hybridized carbons (Fsp3) is 0.217. The van der Waals surface area contributed by atoms with Crippen molar-refractivity contribution in [2.75, 3.05) is 41.3 Å². The number of nitrogens with one attached hydrogen (secondary N) is 1. The van der Waals surface area contributed by atoms with Crippen LogP contribution in [0.1, 0.15) is 15.9 Å². The Morgan fingerprint density at radius 1 is 0.893 bits per heavy atom. The number of rotatable bonds is 4. The number of aromatic nitrogens is 1. The van der Waals surface area contributed by atoms with Crippen molar-refractivity contribution in [3.63, 3.8) is 0 Å². The van der Waals surface area contributed by atoms with Gasteiger partial charge in [-0.05, 0) is 55.0 Å². The first-order chi connectivity index (χ1) is 13.7. The fourth-order valence-electron chi connectivity index (χ4n) is 3.57. The van der Waals surface area contributed by atoms with Crippen LogP contribution < -0.4 is 15.1 Å². The molecule has 1 amide bonds. The third-order valence-electron chi connectivity index (χ3n) is 5.14. The van der Waals surface area contributed by atoms with E-state index >= 15 is 0 Å². The van der Waals surface area contributed by atoms with E-state index in [4.69, 9.17) is 0 Å². The zero-order chi connectivity index (χ0) is 19.3. The number of hydrogen-bond donors (Lipinski definition) is 1. The van der Waals surface area contributed by atoms with Crippen LogP contribution in [0.3, 0.4) is 0 Å². The molecule has 0 spiro atoms. The quantitative estimate of drug-likeness (QED) is 0.753. The second kappa shape index (κ2) is 8.13. The molecule has 0 aliphatic carbocycles. The third-order valence-corrected chi connectivity index (χ3v) is 5.14. The Morgan fingerprint density at radius 3 is 2.25 bits per heavy atom. The van der Waals surface area contributed by atoms with Crippen molar-refractivity contribution in [3.8, 4) is 0 Å². The molecular weight excluding hydrogens is 348 g/mol. The highest BCUT2D eigenvalue weighted by molar-refractivity contribution is 6.04. The molecule has 0 atom stereocenters. The van der Waals surface area contributed by atoms with Crippen LogP contribution in [0.15, 0.2) is 73.1 Å². The second-order valence-corrected chi connectivity index (χ2v) is 7.00. The van der Waals surface area contributed by atoms with Crippen LogP contribution in [-0.2, 0) is 0 Å². The summed E-state index contributed by atoms with van der Waals surface area (Å²) in [5.41, 5.74) is 5.14. The van der Waals surface area contributed by atoms with Crippen molar-refractivity contribution >= 4 is 23.0 Å². The molecule has 0 saturated carbocycles. The molecule has 5 nitrogen and oxygen atoms in total. The van der Waals surface area contributed by atoms with Gasteiger partial charge in [-0.2, -0.15) is 0 Å². The molecule has 0 bridgehead atoms. The van der Waals surface area contributed by atoms with Crippen LogP contribution in [0.5, 0.6) is 0 Å². The molecular formula is C23H24N4O. The number of carbonyl (C=O) groups excluding carboxylic acids is 1. The average molecular weight is 372 g/mol. The Morgan fingerprint density at radius 2 is 1.57 bits per heavy atom. The normalized spacial score (nSPS) is 14.0. The molecule has 2 aromatic carbocycles. The number of aryl methyl sites for hydroxylation is 1. The number of anilines is 3. The molecule has 0 unspecified atom stereocenters. The molecule has 1 aromatic heterocycles. The fourth-order valence-corrected chi connectivity index (χ4v) is 3.57. The summed E-state index contributed by atoms with van der Waals surface area (Å²) >= 11 is 0. The SMILES string of the molecule is Cc1cnccc1N1CCN(c2ccc(NC(=O)c3ccccc3)cc2)CC1. The molecule has 5 heteroatoms. The Kier molecular flexibility index (Phi) is 5.24. The summed E-state index contributed by atoms with van der Waals surface area (Å²) in [6, 6.07) is 19.4. The summed E-state index contributed by atoms with van der Waals surface area (Å²) in [7, 11) is 0. The van der Waals surface area contributed by atoms with Gasteiger partial charge in [0.2, 0.25) is 0 Å². The average Bonchev–Trinajstić information content (AvgIpc) is 2.75. The van der Waals surface area contributed by atoms with Crippen molar-refractivity contribution in [2.24, 2.45) is 0 Å². The van der Waals surface area contributed by atoms with Gasteiger partial charge in [0.25, 0.3) is 5.91 Å². The smallest absolute Gasteiger partial charge is 0.255 e. The molecule has 142 valence electrons. The van der Waals surface area contributed by atoms with Crippen molar-refractivity contribution < 1.29 is 4.79 Å². The number of benzene rings is 2. The minimum Gasteiger partial charge on any atom is -0.368 e. The monoisotopic (exact) mass is 372 g/mol. The third kappa shape index (κ3) is 3.98. The maximum Gasteiger partial charge on any atom is 0.255 e. The van der Waals surface area contributed by atoms with Gasteiger partial charge in [-0.1, -0.05) is 18.2 Å². The molecule has 2 heterocycles. The van der Waals surface area contributed by atoms with E-state index in [0.29, 0.717) is 5.56 Å². The van der Waals surface area contributed by atoms with Crippen LogP contribution in [0, 0.1) is 6.92 Å². The summed E-state index contributed by atoms with van der Waals surface area (Å²) in [6.45, 7) is 6.01.